The van der Waals surface area contributed by atoms with Crippen LogP contribution < -0.4 is 5.32 Å². The first-order valence-electron chi connectivity index (χ1n) is 9.55. The molecule has 0 aliphatic heterocycles. The zero-order valence-electron chi connectivity index (χ0n) is 16.3. The third-order valence-electron chi connectivity index (χ3n) is 5.12. The van der Waals surface area contributed by atoms with E-state index in [9.17, 15) is 10.1 Å². The Morgan fingerprint density at radius 3 is 2.77 bits per heavy atom. The lowest BCUT2D eigenvalue weighted by Gasteiger charge is -2.07. The summed E-state index contributed by atoms with van der Waals surface area (Å²) < 4.78 is 0. The number of aromatic nitrogens is 4. The van der Waals surface area contributed by atoms with E-state index in [1.807, 2.05) is 36.5 Å². The van der Waals surface area contributed by atoms with E-state index in [1.54, 1.807) is 18.5 Å². The summed E-state index contributed by atoms with van der Waals surface area (Å²) in [6.07, 6.45) is 6.66. The fourth-order valence-corrected chi connectivity index (χ4v) is 3.68. The smallest absolute Gasteiger partial charge is 0.247 e. The summed E-state index contributed by atoms with van der Waals surface area (Å²) >= 11 is 0. The molecular weight excluding hydrogens is 388 g/mol. The number of amides is 1. The molecule has 4 heterocycles. The predicted molar refractivity (Wildman–Crippen MR) is 120 cm³/mol. The molecule has 3 N–H and O–H groups in total. The molecule has 5 aromatic rings. The first-order valence-corrected chi connectivity index (χ1v) is 9.55. The largest absolute Gasteiger partial charge is 0.346 e. The van der Waals surface area contributed by atoms with Crippen molar-refractivity contribution in [2.24, 2.45) is 0 Å². The number of hydrogen-bond acceptors (Lipinski definition) is 4. The fraction of sp³-hybridized carbons (Fsp3) is 0. The summed E-state index contributed by atoms with van der Waals surface area (Å²) in [5.74, 6) is -0.261. The van der Waals surface area contributed by atoms with Gasteiger partial charge in [-0.2, -0.15) is 5.26 Å². The van der Waals surface area contributed by atoms with E-state index in [0.29, 0.717) is 17.0 Å². The van der Waals surface area contributed by atoms with Gasteiger partial charge in [0.25, 0.3) is 0 Å². The molecule has 0 fully saturated rings. The molecule has 0 unspecified atom stereocenters. The molecule has 7 heteroatoms. The molecule has 4 aromatic heterocycles. The molecule has 1 aromatic carbocycles. The highest BCUT2D eigenvalue weighted by Crippen LogP contribution is 2.35. The summed E-state index contributed by atoms with van der Waals surface area (Å²) in [6, 6.07) is 15.5. The van der Waals surface area contributed by atoms with Crippen molar-refractivity contribution in [1.82, 2.24) is 19.9 Å². The predicted octanol–water partition coefficient (Wildman–Crippen LogP) is 4.77. The number of benzene rings is 1. The number of nitrogens with zero attached hydrogens (tertiary/aromatic N) is 3. The average molecular weight is 404 g/mol. The molecule has 0 aliphatic rings. The molecule has 31 heavy (non-hydrogen) atoms. The number of H-pyrrole nitrogens is 2. The van der Waals surface area contributed by atoms with Crippen LogP contribution in [0, 0.1) is 11.3 Å². The highest BCUT2D eigenvalue weighted by Gasteiger charge is 2.14. The summed E-state index contributed by atoms with van der Waals surface area (Å²) in [7, 11) is 0. The third-order valence-corrected chi connectivity index (χ3v) is 5.12. The number of nitriles is 1. The van der Waals surface area contributed by atoms with Crippen LogP contribution in [-0.4, -0.2) is 25.8 Å². The van der Waals surface area contributed by atoms with Crippen molar-refractivity contribution in [3.63, 3.8) is 0 Å². The highest BCUT2D eigenvalue weighted by molar-refractivity contribution is 6.04. The van der Waals surface area contributed by atoms with Gasteiger partial charge in [-0.05, 0) is 47.5 Å². The lowest BCUT2D eigenvalue weighted by molar-refractivity contribution is -0.111. The molecular formula is C24H16N6O. The van der Waals surface area contributed by atoms with Crippen molar-refractivity contribution in [1.29, 1.82) is 5.26 Å². The minimum atomic E-state index is -0.261. The number of carbonyl (C=O) groups is 1. The Labute approximate surface area is 177 Å². The molecule has 0 radical (unpaired) electrons. The zero-order valence-corrected chi connectivity index (χ0v) is 16.3. The second-order valence-electron chi connectivity index (χ2n) is 7.01. The Kier molecular flexibility index (Phi) is 4.31. The van der Waals surface area contributed by atoms with Gasteiger partial charge in [0.05, 0.1) is 0 Å². The highest BCUT2D eigenvalue weighted by atomic mass is 16.1. The summed E-state index contributed by atoms with van der Waals surface area (Å²) in [5.41, 5.74) is 6.35. The van der Waals surface area contributed by atoms with Gasteiger partial charge in [0, 0.05) is 46.2 Å². The van der Waals surface area contributed by atoms with Crippen molar-refractivity contribution >= 4 is 33.7 Å². The van der Waals surface area contributed by atoms with Crippen LogP contribution in [0.25, 0.3) is 44.3 Å². The van der Waals surface area contributed by atoms with Crippen molar-refractivity contribution < 1.29 is 4.79 Å². The normalized spacial score (nSPS) is 10.8. The Balaban J connectivity index is 1.63. The van der Waals surface area contributed by atoms with Gasteiger partial charge in [-0.1, -0.05) is 18.7 Å². The third kappa shape index (κ3) is 3.22. The second kappa shape index (κ2) is 7.28. The van der Waals surface area contributed by atoms with Crippen molar-refractivity contribution in [2.45, 2.75) is 0 Å². The van der Waals surface area contributed by atoms with Crippen LogP contribution in [0.3, 0.4) is 0 Å². The van der Waals surface area contributed by atoms with Gasteiger partial charge in [0.15, 0.2) is 0 Å². The maximum absolute atomic E-state index is 11.6. The number of carbonyl (C=O) groups excluding carboxylic acids is 1. The van der Waals surface area contributed by atoms with Gasteiger partial charge in [0.1, 0.15) is 23.1 Å². The fourth-order valence-electron chi connectivity index (χ4n) is 3.68. The molecule has 0 spiro atoms. The van der Waals surface area contributed by atoms with Crippen molar-refractivity contribution in [3.8, 4) is 28.3 Å². The molecule has 0 bridgehead atoms. The second-order valence-corrected chi connectivity index (χ2v) is 7.01. The maximum Gasteiger partial charge on any atom is 0.247 e. The first-order chi connectivity index (χ1) is 15.2. The Morgan fingerprint density at radius 2 is 1.94 bits per heavy atom. The Bertz CT molecular complexity index is 1520. The van der Waals surface area contributed by atoms with E-state index >= 15 is 0 Å². The van der Waals surface area contributed by atoms with Gasteiger partial charge in [-0.25, -0.2) is 9.97 Å². The number of nitrogens with one attached hydrogen (secondary N) is 3. The molecule has 0 aliphatic carbocycles. The van der Waals surface area contributed by atoms with E-state index in [1.165, 1.54) is 6.08 Å². The molecule has 0 saturated heterocycles. The van der Waals surface area contributed by atoms with E-state index in [-0.39, 0.29) is 5.91 Å². The van der Waals surface area contributed by atoms with Crippen LogP contribution in [0.2, 0.25) is 0 Å². The molecule has 1 amide bonds. The van der Waals surface area contributed by atoms with Gasteiger partial charge in [-0.15, -0.1) is 0 Å². The van der Waals surface area contributed by atoms with E-state index < -0.39 is 0 Å². The number of aromatic amines is 2. The van der Waals surface area contributed by atoms with Crippen LogP contribution in [-0.2, 0) is 4.79 Å². The van der Waals surface area contributed by atoms with E-state index in [2.05, 4.69) is 44.0 Å². The average Bonchev–Trinajstić information content (AvgIpc) is 3.42. The maximum atomic E-state index is 11.6. The number of fused-ring (bicyclic) bond motifs is 2. The van der Waals surface area contributed by atoms with Gasteiger partial charge >= 0.3 is 0 Å². The first kappa shape index (κ1) is 18.3. The van der Waals surface area contributed by atoms with E-state index in [0.717, 1.165) is 38.7 Å². The minimum absolute atomic E-state index is 0.261. The number of anilines is 1. The number of rotatable bonds is 4. The topological polar surface area (TPSA) is 110 Å². The van der Waals surface area contributed by atoms with Crippen LogP contribution in [0.5, 0.6) is 0 Å². The van der Waals surface area contributed by atoms with Gasteiger partial charge in [0.2, 0.25) is 5.91 Å². The van der Waals surface area contributed by atoms with Gasteiger partial charge in [-0.3, -0.25) is 4.79 Å². The molecule has 148 valence electrons. The molecule has 0 saturated carbocycles. The quantitative estimate of drug-likeness (QED) is 0.375. The van der Waals surface area contributed by atoms with Crippen LogP contribution in [0.4, 0.5) is 5.69 Å². The molecule has 7 nitrogen and oxygen atoms in total. The molecule has 0 atom stereocenters. The lowest BCUT2D eigenvalue weighted by Crippen LogP contribution is -2.06. The SMILES string of the molecule is C=CC(=O)Nc1cccc(-c2cnc3[nH]cc(-c4ccnc5[nH]c(C#N)cc45)c3c2)c1. The Hall–Kier alpha value is -4.70. The van der Waals surface area contributed by atoms with E-state index in [4.69, 9.17) is 0 Å². The zero-order chi connectivity index (χ0) is 21.4. The van der Waals surface area contributed by atoms with Gasteiger partial charge < -0.3 is 15.3 Å². The van der Waals surface area contributed by atoms with Crippen LogP contribution in [0.15, 0.2) is 73.7 Å². The number of hydrogen-bond donors (Lipinski definition) is 3. The summed E-state index contributed by atoms with van der Waals surface area (Å²) in [6.45, 7) is 3.48. The number of pyridine rings is 2. The monoisotopic (exact) mass is 404 g/mol. The van der Waals surface area contributed by atoms with Crippen molar-refractivity contribution in [3.05, 3.63) is 79.4 Å². The minimum Gasteiger partial charge on any atom is -0.346 e. The van der Waals surface area contributed by atoms with Crippen LogP contribution >= 0.6 is 0 Å². The molecule has 5 rings (SSSR count). The van der Waals surface area contributed by atoms with Crippen molar-refractivity contribution in [2.75, 3.05) is 5.32 Å². The van der Waals surface area contributed by atoms with Crippen LogP contribution in [0.1, 0.15) is 5.69 Å². The summed E-state index contributed by atoms with van der Waals surface area (Å²) in [4.78, 5) is 26.8. The standard InChI is InChI=1S/C24H16N6O/c1-2-22(31)29-16-5-3-4-14(8-16)15-9-19-21(13-28-23(19)27-12-15)18-6-7-26-24-20(18)10-17(11-25)30-24/h2-10,12-13H,1H2,(H,26,30)(H,27,28)(H,29,31). The summed E-state index contributed by atoms with van der Waals surface area (Å²) in [5, 5.41) is 13.8. The Morgan fingerprint density at radius 1 is 1.06 bits per heavy atom. The lowest BCUT2D eigenvalue weighted by atomic mass is 10.0.